The van der Waals surface area contributed by atoms with Crippen molar-refractivity contribution >= 4 is 67.0 Å². The van der Waals surface area contributed by atoms with Crippen LogP contribution in [0.5, 0.6) is 0 Å². The minimum Gasteiger partial charge on any atom is -0.478 e. The molecular formula is C21H13Br2N3O6. The van der Waals surface area contributed by atoms with Crippen molar-refractivity contribution in [2.75, 3.05) is 10.6 Å². The van der Waals surface area contributed by atoms with Gasteiger partial charge in [0.05, 0.1) is 22.5 Å². The Morgan fingerprint density at radius 1 is 0.719 bits per heavy atom. The molecule has 11 heteroatoms. The molecule has 3 aromatic rings. The molecule has 3 rings (SSSR count). The number of amides is 2. The van der Waals surface area contributed by atoms with Gasteiger partial charge in [0.15, 0.2) is 0 Å². The first kappa shape index (κ1) is 23.1. The second-order valence-corrected chi connectivity index (χ2v) is 8.16. The van der Waals surface area contributed by atoms with Gasteiger partial charge < -0.3 is 20.8 Å². The first-order chi connectivity index (χ1) is 15.2. The van der Waals surface area contributed by atoms with Crippen molar-refractivity contribution in [2.24, 2.45) is 0 Å². The number of hydrogen-bond acceptors (Lipinski definition) is 5. The second-order valence-electron chi connectivity index (χ2n) is 6.33. The van der Waals surface area contributed by atoms with Gasteiger partial charge in [-0.25, -0.2) is 9.59 Å². The van der Waals surface area contributed by atoms with Crippen LogP contribution in [0.2, 0.25) is 0 Å². The van der Waals surface area contributed by atoms with Gasteiger partial charge in [0.2, 0.25) is 0 Å². The summed E-state index contributed by atoms with van der Waals surface area (Å²) in [5, 5.41) is 23.6. The zero-order valence-electron chi connectivity index (χ0n) is 15.9. The number of nitrogens with one attached hydrogen (secondary N) is 2. The number of hydrogen-bond donors (Lipinski definition) is 4. The Hall–Kier alpha value is -3.57. The third kappa shape index (κ3) is 5.37. The molecule has 0 aliphatic rings. The number of aromatic carboxylic acids is 2. The maximum Gasteiger partial charge on any atom is 0.337 e. The molecule has 32 heavy (non-hydrogen) atoms. The lowest BCUT2D eigenvalue weighted by Crippen LogP contribution is -2.19. The van der Waals surface area contributed by atoms with Gasteiger partial charge in [0, 0.05) is 20.7 Å². The van der Waals surface area contributed by atoms with Crippen molar-refractivity contribution in [2.45, 2.75) is 0 Å². The Labute approximate surface area is 197 Å². The molecular weight excluding hydrogens is 550 g/mol. The first-order valence-corrected chi connectivity index (χ1v) is 10.4. The van der Waals surface area contributed by atoms with E-state index in [1.807, 2.05) is 0 Å². The number of carboxylic acids is 2. The quantitative estimate of drug-likeness (QED) is 0.346. The maximum absolute atomic E-state index is 12.6. The van der Waals surface area contributed by atoms with E-state index in [2.05, 4.69) is 47.5 Å². The molecule has 2 amide bonds. The monoisotopic (exact) mass is 561 g/mol. The van der Waals surface area contributed by atoms with Gasteiger partial charge in [-0.3, -0.25) is 14.6 Å². The van der Waals surface area contributed by atoms with Crippen molar-refractivity contribution < 1.29 is 29.4 Å². The summed E-state index contributed by atoms with van der Waals surface area (Å²) in [6.07, 6.45) is 1.24. The molecule has 0 bridgehead atoms. The van der Waals surface area contributed by atoms with E-state index in [0.29, 0.717) is 8.95 Å². The van der Waals surface area contributed by atoms with E-state index >= 15 is 0 Å². The van der Waals surface area contributed by atoms with Crippen LogP contribution in [-0.4, -0.2) is 39.0 Å². The zero-order chi connectivity index (χ0) is 23.4. The van der Waals surface area contributed by atoms with Gasteiger partial charge in [-0.05, 0) is 48.5 Å². The van der Waals surface area contributed by atoms with E-state index in [0.717, 1.165) is 0 Å². The Kier molecular flexibility index (Phi) is 7.01. The lowest BCUT2D eigenvalue weighted by molar-refractivity contribution is 0.0686. The molecule has 0 saturated carbocycles. The highest BCUT2D eigenvalue weighted by atomic mass is 79.9. The van der Waals surface area contributed by atoms with Crippen molar-refractivity contribution in [3.63, 3.8) is 0 Å². The molecule has 2 aromatic carbocycles. The Morgan fingerprint density at radius 3 is 1.72 bits per heavy atom. The number of benzene rings is 2. The van der Waals surface area contributed by atoms with Crippen LogP contribution in [0.15, 0.2) is 63.7 Å². The van der Waals surface area contributed by atoms with Crippen LogP contribution in [-0.2, 0) is 0 Å². The topological polar surface area (TPSA) is 146 Å². The third-order valence-electron chi connectivity index (χ3n) is 4.18. The third-order valence-corrected chi connectivity index (χ3v) is 5.16. The van der Waals surface area contributed by atoms with Crippen LogP contribution >= 0.6 is 31.9 Å². The molecule has 0 radical (unpaired) electrons. The van der Waals surface area contributed by atoms with Crippen LogP contribution < -0.4 is 10.6 Å². The number of carbonyl (C=O) groups is 4. The maximum atomic E-state index is 12.6. The van der Waals surface area contributed by atoms with E-state index < -0.39 is 23.8 Å². The average molecular weight is 563 g/mol. The van der Waals surface area contributed by atoms with Gasteiger partial charge in [0.25, 0.3) is 11.8 Å². The molecule has 0 fully saturated rings. The summed E-state index contributed by atoms with van der Waals surface area (Å²) in [4.78, 5) is 52.0. The summed E-state index contributed by atoms with van der Waals surface area (Å²) in [6.45, 7) is 0. The van der Waals surface area contributed by atoms with Crippen LogP contribution in [0, 0.1) is 0 Å². The minimum atomic E-state index is -1.23. The number of anilines is 2. The highest BCUT2D eigenvalue weighted by Gasteiger charge is 2.18. The zero-order valence-corrected chi connectivity index (χ0v) is 19.1. The molecule has 0 atom stereocenters. The summed E-state index contributed by atoms with van der Waals surface area (Å²) >= 11 is 6.35. The van der Waals surface area contributed by atoms with Crippen LogP contribution in [0.25, 0.3) is 0 Å². The predicted molar refractivity (Wildman–Crippen MR) is 122 cm³/mol. The molecule has 0 aliphatic carbocycles. The standard InChI is InChI=1S/C21H13Br2N3O6/c22-11-1-3-15(13(8-11)20(29)30)25-18(27)10-5-6-24-17(7-10)19(28)26-16-4-2-12(23)9-14(16)21(31)32/h1-9H,(H,25,27)(H,26,28)(H,29,30)(H,31,32). The fourth-order valence-electron chi connectivity index (χ4n) is 2.68. The number of carbonyl (C=O) groups excluding carboxylic acids is 2. The minimum absolute atomic E-state index is 0.0543. The van der Waals surface area contributed by atoms with Crippen molar-refractivity contribution in [1.82, 2.24) is 4.98 Å². The highest BCUT2D eigenvalue weighted by Crippen LogP contribution is 2.23. The van der Waals surface area contributed by atoms with Gasteiger partial charge in [-0.1, -0.05) is 31.9 Å². The lowest BCUT2D eigenvalue weighted by Gasteiger charge is -2.11. The SMILES string of the molecule is O=C(Nc1ccc(Br)cc1C(=O)O)c1ccnc(C(=O)Nc2ccc(Br)cc2C(=O)O)c1. The molecule has 1 aromatic heterocycles. The van der Waals surface area contributed by atoms with E-state index in [-0.39, 0.29) is 33.8 Å². The number of pyridine rings is 1. The lowest BCUT2D eigenvalue weighted by atomic mass is 10.1. The van der Waals surface area contributed by atoms with Gasteiger partial charge in [-0.2, -0.15) is 0 Å². The number of aromatic nitrogens is 1. The van der Waals surface area contributed by atoms with Crippen molar-refractivity contribution in [3.8, 4) is 0 Å². The van der Waals surface area contributed by atoms with E-state index in [9.17, 15) is 29.4 Å². The second kappa shape index (κ2) is 9.71. The van der Waals surface area contributed by atoms with E-state index in [1.165, 1.54) is 42.6 Å². The predicted octanol–water partition coefficient (Wildman–Crippen LogP) is 4.51. The highest BCUT2D eigenvalue weighted by molar-refractivity contribution is 9.10. The Bertz CT molecular complexity index is 1170. The van der Waals surface area contributed by atoms with E-state index in [4.69, 9.17) is 0 Å². The molecule has 0 unspecified atom stereocenters. The average Bonchev–Trinajstić information content (AvgIpc) is 2.75. The number of carboxylic acid groups (broad SMARTS) is 2. The van der Waals surface area contributed by atoms with Gasteiger partial charge in [0.1, 0.15) is 5.69 Å². The number of rotatable bonds is 6. The summed E-state index contributed by atoms with van der Waals surface area (Å²) in [5.74, 6) is -3.83. The Morgan fingerprint density at radius 2 is 1.22 bits per heavy atom. The van der Waals surface area contributed by atoms with Crippen molar-refractivity contribution in [1.29, 1.82) is 0 Å². The molecule has 0 aliphatic heterocycles. The number of halogens is 2. The van der Waals surface area contributed by atoms with Gasteiger partial charge >= 0.3 is 11.9 Å². The molecule has 4 N–H and O–H groups in total. The van der Waals surface area contributed by atoms with Crippen molar-refractivity contribution in [3.05, 3.63) is 86.1 Å². The first-order valence-electron chi connectivity index (χ1n) is 8.80. The molecule has 9 nitrogen and oxygen atoms in total. The summed E-state index contributed by atoms with van der Waals surface area (Å²) in [5.41, 5.74) is -0.183. The van der Waals surface area contributed by atoms with E-state index in [1.54, 1.807) is 12.1 Å². The summed E-state index contributed by atoms with van der Waals surface area (Å²) < 4.78 is 1.06. The molecule has 162 valence electrons. The Balaban J connectivity index is 1.83. The molecule has 0 spiro atoms. The fourth-order valence-corrected chi connectivity index (χ4v) is 3.40. The van der Waals surface area contributed by atoms with Crippen LogP contribution in [0.3, 0.4) is 0 Å². The summed E-state index contributed by atoms with van der Waals surface area (Å²) in [6, 6.07) is 11.2. The summed E-state index contributed by atoms with van der Waals surface area (Å²) in [7, 11) is 0. The largest absolute Gasteiger partial charge is 0.478 e. The molecule has 0 saturated heterocycles. The number of nitrogens with zero attached hydrogens (tertiary/aromatic N) is 1. The molecule has 1 heterocycles. The van der Waals surface area contributed by atoms with Crippen LogP contribution in [0.4, 0.5) is 11.4 Å². The van der Waals surface area contributed by atoms with Gasteiger partial charge in [-0.15, -0.1) is 0 Å². The fraction of sp³-hybridized carbons (Fsp3) is 0. The van der Waals surface area contributed by atoms with Crippen LogP contribution in [0.1, 0.15) is 41.6 Å². The normalized spacial score (nSPS) is 10.3. The smallest absolute Gasteiger partial charge is 0.337 e.